The Morgan fingerprint density at radius 2 is 1.97 bits per heavy atom. The van der Waals surface area contributed by atoms with Crippen LogP contribution >= 0.6 is 11.3 Å². The molecule has 0 radical (unpaired) electrons. The van der Waals surface area contributed by atoms with Gasteiger partial charge in [0.15, 0.2) is 4.80 Å². The molecule has 0 aliphatic rings. The van der Waals surface area contributed by atoms with Gasteiger partial charge in [-0.2, -0.15) is 4.99 Å². The summed E-state index contributed by atoms with van der Waals surface area (Å²) in [7, 11) is 1.60. The monoisotopic (exact) mass is 410 g/mol. The summed E-state index contributed by atoms with van der Waals surface area (Å²) in [5.41, 5.74) is 2.22. The maximum atomic E-state index is 12.5. The SMILES string of the molecule is C=CCn1c(=NC(=O)Cc2ccc(OC)cc2)sc2cc(C(=O)OCC)ccc21. The number of benzene rings is 2. The molecule has 0 N–H and O–H groups in total. The number of hydrogen-bond donors (Lipinski definition) is 0. The fraction of sp³-hybridized carbons (Fsp3) is 0.227. The van der Waals surface area contributed by atoms with Gasteiger partial charge in [0.25, 0.3) is 5.91 Å². The van der Waals surface area contributed by atoms with E-state index in [0.29, 0.717) is 23.5 Å². The minimum absolute atomic E-state index is 0.195. The number of rotatable bonds is 7. The Hall–Kier alpha value is -3.19. The standard InChI is InChI=1S/C22H22N2O4S/c1-4-12-24-18-11-8-16(21(26)28-5-2)14-19(18)29-22(24)23-20(25)13-15-6-9-17(27-3)10-7-15/h4,6-11,14H,1,5,12-13H2,2-3H3. The van der Waals surface area contributed by atoms with Gasteiger partial charge in [0.05, 0.1) is 35.9 Å². The van der Waals surface area contributed by atoms with Crippen molar-refractivity contribution in [2.24, 2.45) is 4.99 Å². The molecule has 0 saturated carbocycles. The lowest BCUT2D eigenvalue weighted by Crippen LogP contribution is -2.17. The third-order valence-corrected chi connectivity index (χ3v) is 5.28. The van der Waals surface area contributed by atoms with E-state index in [-0.39, 0.29) is 18.3 Å². The first-order valence-electron chi connectivity index (χ1n) is 9.17. The molecule has 1 amide bonds. The molecule has 0 unspecified atom stereocenters. The first-order chi connectivity index (χ1) is 14.0. The van der Waals surface area contributed by atoms with E-state index in [2.05, 4.69) is 11.6 Å². The molecular weight excluding hydrogens is 388 g/mol. The number of aromatic nitrogens is 1. The highest BCUT2D eigenvalue weighted by Crippen LogP contribution is 2.20. The Morgan fingerprint density at radius 1 is 1.21 bits per heavy atom. The van der Waals surface area contributed by atoms with Gasteiger partial charge in [-0.3, -0.25) is 4.79 Å². The summed E-state index contributed by atoms with van der Waals surface area (Å²) < 4.78 is 13.0. The Balaban J connectivity index is 1.95. The smallest absolute Gasteiger partial charge is 0.338 e. The van der Waals surface area contributed by atoms with Crippen molar-refractivity contribution in [1.29, 1.82) is 0 Å². The second-order valence-corrected chi connectivity index (χ2v) is 7.23. The lowest BCUT2D eigenvalue weighted by molar-refractivity contribution is -0.117. The van der Waals surface area contributed by atoms with E-state index in [0.717, 1.165) is 21.5 Å². The number of ether oxygens (including phenoxy) is 2. The van der Waals surface area contributed by atoms with E-state index >= 15 is 0 Å². The van der Waals surface area contributed by atoms with Crippen LogP contribution in [0.25, 0.3) is 10.2 Å². The summed E-state index contributed by atoms with van der Waals surface area (Å²) in [6.07, 6.45) is 1.94. The average Bonchev–Trinajstić information content (AvgIpc) is 3.05. The summed E-state index contributed by atoms with van der Waals surface area (Å²) >= 11 is 1.36. The molecule has 6 nitrogen and oxygen atoms in total. The highest BCUT2D eigenvalue weighted by atomic mass is 32.1. The van der Waals surface area contributed by atoms with Crippen LogP contribution in [-0.4, -0.2) is 30.2 Å². The van der Waals surface area contributed by atoms with E-state index in [1.165, 1.54) is 11.3 Å². The molecule has 7 heteroatoms. The molecule has 150 valence electrons. The molecule has 3 aromatic rings. The van der Waals surface area contributed by atoms with Gasteiger partial charge in [0.2, 0.25) is 0 Å². The third kappa shape index (κ3) is 4.81. The van der Waals surface area contributed by atoms with Crippen LogP contribution in [0, 0.1) is 0 Å². The number of carbonyl (C=O) groups is 2. The van der Waals surface area contributed by atoms with Crippen LogP contribution in [-0.2, 0) is 22.5 Å². The topological polar surface area (TPSA) is 69.9 Å². The first-order valence-corrected chi connectivity index (χ1v) is 9.99. The van der Waals surface area contributed by atoms with Gasteiger partial charge >= 0.3 is 5.97 Å². The van der Waals surface area contributed by atoms with E-state index < -0.39 is 0 Å². The maximum Gasteiger partial charge on any atom is 0.338 e. The molecule has 0 atom stereocenters. The number of thiazole rings is 1. The van der Waals surface area contributed by atoms with Gasteiger partial charge < -0.3 is 14.0 Å². The van der Waals surface area contributed by atoms with Crippen LogP contribution in [0.5, 0.6) is 5.75 Å². The normalized spacial score (nSPS) is 11.4. The Bertz CT molecular complexity index is 1110. The second kappa shape index (κ2) is 9.34. The second-order valence-electron chi connectivity index (χ2n) is 6.22. The summed E-state index contributed by atoms with van der Waals surface area (Å²) in [4.78, 5) is 29.4. The van der Waals surface area contributed by atoms with Crippen molar-refractivity contribution in [2.75, 3.05) is 13.7 Å². The van der Waals surface area contributed by atoms with Crippen LogP contribution in [0.4, 0.5) is 0 Å². The van der Waals surface area contributed by atoms with Crippen LogP contribution in [0.2, 0.25) is 0 Å². The van der Waals surface area contributed by atoms with Crippen LogP contribution in [0.3, 0.4) is 0 Å². The van der Waals surface area contributed by atoms with Crippen LogP contribution < -0.4 is 9.54 Å². The quantitative estimate of drug-likeness (QED) is 0.439. The van der Waals surface area contributed by atoms with Crippen molar-refractivity contribution in [2.45, 2.75) is 19.9 Å². The lowest BCUT2D eigenvalue weighted by atomic mass is 10.1. The predicted octanol–water partition coefficient (Wildman–Crippen LogP) is 3.74. The average molecular weight is 410 g/mol. The summed E-state index contributed by atoms with van der Waals surface area (Å²) in [5.74, 6) is 0.126. The molecule has 0 spiro atoms. The predicted molar refractivity (Wildman–Crippen MR) is 113 cm³/mol. The molecule has 1 aromatic heterocycles. The zero-order valence-corrected chi connectivity index (χ0v) is 17.2. The maximum absolute atomic E-state index is 12.5. The van der Waals surface area contributed by atoms with Crippen molar-refractivity contribution in [3.05, 3.63) is 71.0 Å². The Morgan fingerprint density at radius 3 is 2.62 bits per heavy atom. The molecule has 0 bridgehead atoms. The third-order valence-electron chi connectivity index (χ3n) is 4.24. The fourth-order valence-electron chi connectivity index (χ4n) is 2.87. The largest absolute Gasteiger partial charge is 0.497 e. The van der Waals surface area contributed by atoms with Gasteiger partial charge in [-0.1, -0.05) is 29.5 Å². The minimum Gasteiger partial charge on any atom is -0.497 e. The van der Waals surface area contributed by atoms with E-state index in [9.17, 15) is 9.59 Å². The van der Waals surface area contributed by atoms with E-state index in [1.54, 1.807) is 32.2 Å². The van der Waals surface area contributed by atoms with Gasteiger partial charge in [-0.05, 0) is 42.8 Å². The Labute approximate surface area is 172 Å². The zero-order chi connectivity index (χ0) is 20.8. The van der Waals surface area contributed by atoms with Crippen molar-refractivity contribution in [1.82, 2.24) is 4.57 Å². The first kappa shape index (κ1) is 20.5. The van der Waals surface area contributed by atoms with E-state index in [1.807, 2.05) is 34.9 Å². The number of allylic oxidation sites excluding steroid dienone is 1. The van der Waals surface area contributed by atoms with Crippen molar-refractivity contribution < 1.29 is 19.1 Å². The molecule has 2 aromatic carbocycles. The molecule has 29 heavy (non-hydrogen) atoms. The number of nitrogens with zero attached hydrogens (tertiary/aromatic N) is 2. The molecule has 1 heterocycles. The molecule has 0 fully saturated rings. The minimum atomic E-state index is -0.368. The number of methoxy groups -OCH3 is 1. The van der Waals surface area contributed by atoms with Crippen molar-refractivity contribution in [3.63, 3.8) is 0 Å². The Kier molecular flexibility index (Phi) is 6.61. The molecule has 3 rings (SSSR count). The van der Waals surface area contributed by atoms with Crippen LogP contribution in [0.1, 0.15) is 22.8 Å². The van der Waals surface area contributed by atoms with Gasteiger partial charge in [-0.25, -0.2) is 4.79 Å². The zero-order valence-electron chi connectivity index (χ0n) is 16.4. The highest BCUT2D eigenvalue weighted by Gasteiger charge is 2.12. The highest BCUT2D eigenvalue weighted by molar-refractivity contribution is 7.16. The molecular formula is C22H22N2O4S. The summed E-state index contributed by atoms with van der Waals surface area (Å²) in [6, 6.07) is 12.7. The molecule has 0 saturated heterocycles. The molecule has 0 aliphatic heterocycles. The van der Waals surface area contributed by atoms with Gasteiger partial charge in [0.1, 0.15) is 5.75 Å². The fourth-order valence-corrected chi connectivity index (χ4v) is 3.97. The number of amides is 1. The molecule has 0 aliphatic carbocycles. The number of hydrogen-bond acceptors (Lipinski definition) is 5. The number of carbonyl (C=O) groups excluding carboxylic acids is 2. The van der Waals surface area contributed by atoms with Crippen LogP contribution in [0.15, 0.2) is 60.1 Å². The summed E-state index contributed by atoms with van der Waals surface area (Å²) in [5, 5.41) is 0. The number of fused-ring (bicyclic) bond motifs is 1. The van der Waals surface area contributed by atoms with Gasteiger partial charge in [0, 0.05) is 6.54 Å². The van der Waals surface area contributed by atoms with Gasteiger partial charge in [-0.15, -0.1) is 6.58 Å². The lowest BCUT2D eigenvalue weighted by Gasteiger charge is -2.03. The number of esters is 1. The van der Waals surface area contributed by atoms with E-state index in [4.69, 9.17) is 9.47 Å². The van der Waals surface area contributed by atoms with Crippen molar-refractivity contribution in [3.8, 4) is 5.75 Å². The van der Waals surface area contributed by atoms with Crippen molar-refractivity contribution >= 4 is 33.4 Å². The summed E-state index contributed by atoms with van der Waals surface area (Å²) in [6.45, 7) is 6.38.